The topological polar surface area (TPSA) is 93.4 Å². The van der Waals surface area contributed by atoms with Crippen LogP contribution in [0.15, 0.2) is 18.2 Å². The van der Waals surface area contributed by atoms with E-state index in [1.54, 1.807) is 18.2 Å². The highest BCUT2D eigenvalue weighted by molar-refractivity contribution is 5.99. The van der Waals surface area contributed by atoms with Crippen LogP contribution in [0.4, 0.5) is 11.4 Å². The maximum Gasteiger partial charge on any atom is 0.246 e. The molecule has 18 heavy (non-hydrogen) atoms. The van der Waals surface area contributed by atoms with Crippen LogP contribution in [0.1, 0.15) is 12.8 Å². The van der Waals surface area contributed by atoms with Gasteiger partial charge in [0.1, 0.15) is 11.8 Å². The number of carbonyl (C=O) groups excluding carboxylic acids is 2. The summed E-state index contributed by atoms with van der Waals surface area (Å²) in [5.74, 6) is 0.233. The highest BCUT2D eigenvalue weighted by Gasteiger charge is 2.27. The maximum absolute atomic E-state index is 11.8. The summed E-state index contributed by atoms with van der Waals surface area (Å²) in [6.07, 6.45) is 0.916. The molecule has 1 aliphatic rings. The van der Waals surface area contributed by atoms with Crippen molar-refractivity contribution in [3.8, 4) is 5.75 Å². The summed E-state index contributed by atoms with van der Waals surface area (Å²) < 4.78 is 5.02. The predicted octanol–water partition coefficient (Wildman–Crippen LogP) is 0.494. The average Bonchev–Trinajstić information content (AvgIpc) is 2.76. The van der Waals surface area contributed by atoms with E-state index in [4.69, 9.17) is 10.5 Å². The quantitative estimate of drug-likeness (QED) is 0.680. The first-order valence-electron chi connectivity index (χ1n) is 5.64. The van der Waals surface area contributed by atoms with E-state index < -0.39 is 6.04 Å². The number of anilines is 2. The van der Waals surface area contributed by atoms with Gasteiger partial charge in [-0.25, -0.2) is 0 Å². The lowest BCUT2D eigenvalue weighted by Crippen LogP contribution is -2.37. The fraction of sp³-hybridized carbons (Fsp3) is 0.333. The minimum Gasteiger partial charge on any atom is -0.495 e. The van der Waals surface area contributed by atoms with Gasteiger partial charge in [-0.1, -0.05) is 0 Å². The first kappa shape index (κ1) is 12.2. The number of amides is 2. The second-order valence-electron chi connectivity index (χ2n) is 4.10. The second-order valence-corrected chi connectivity index (χ2v) is 4.10. The third-order valence-electron chi connectivity index (χ3n) is 2.81. The fourth-order valence-corrected chi connectivity index (χ4v) is 1.85. The zero-order chi connectivity index (χ0) is 13.1. The summed E-state index contributed by atoms with van der Waals surface area (Å²) >= 11 is 0. The molecule has 0 unspecified atom stereocenters. The van der Waals surface area contributed by atoms with Gasteiger partial charge in [-0.2, -0.15) is 0 Å². The minimum atomic E-state index is -0.458. The lowest BCUT2D eigenvalue weighted by molar-refractivity contribution is -0.122. The Morgan fingerprint density at radius 1 is 1.56 bits per heavy atom. The first-order valence-corrected chi connectivity index (χ1v) is 5.64. The van der Waals surface area contributed by atoms with Crippen LogP contribution in [0.3, 0.4) is 0 Å². The van der Waals surface area contributed by atoms with E-state index in [0.717, 1.165) is 0 Å². The highest BCUT2D eigenvalue weighted by Crippen LogP contribution is 2.24. The number of nitrogens with one attached hydrogen (secondary N) is 2. The molecule has 0 radical (unpaired) electrons. The lowest BCUT2D eigenvalue weighted by Gasteiger charge is -2.12. The highest BCUT2D eigenvalue weighted by atomic mass is 16.5. The minimum absolute atomic E-state index is 0.0932. The SMILES string of the molecule is COc1ccc(NC(=O)[C@H]2CCC(=O)N2)cc1N. The number of methoxy groups -OCH3 is 1. The van der Waals surface area contributed by atoms with Gasteiger partial charge < -0.3 is 21.1 Å². The average molecular weight is 249 g/mol. The molecule has 0 spiro atoms. The molecule has 0 aliphatic carbocycles. The van der Waals surface area contributed by atoms with E-state index >= 15 is 0 Å². The van der Waals surface area contributed by atoms with E-state index in [2.05, 4.69) is 10.6 Å². The van der Waals surface area contributed by atoms with Crippen molar-refractivity contribution in [2.24, 2.45) is 0 Å². The molecule has 2 rings (SSSR count). The van der Waals surface area contributed by atoms with E-state index in [1.807, 2.05) is 0 Å². The molecule has 1 aromatic carbocycles. The molecular weight excluding hydrogens is 234 g/mol. The molecule has 1 atom stereocenters. The smallest absolute Gasteiger partial charge is 0.246 e. The molecule has 96 valence electrons. The molecule has 0 bridgehead atoms. The number of nitrogens with two attached hydrogens (primary N) is 1. The predicted molar refractivity (Wildman–Crippen MR) is 67.2 cm³/mol. The van der Waals surface area contributed by atoms with Gasteiger partial charge in [0.25, 0.3) is 0 Å². The Labute approximate surface area is 104 Å². The lowest BCUT2D eigenvalue weighted by atomic mass is 10.2. The van der Waals surface area contributed by atoms with Crippen LogP contribution in [-0.2, 0) is 9.59 Å². The van der Waals surface area contributed by atoms with Gasteiger partial charge in [-0.15, -0.1) is 0 Å². The summed E-state index contributed by atoms with van der Waals surface area (Å²) in [5.41, 5.74) is 6.77. The van der Waals surface area contributed by atoms with Crippen LogP contribution in [0, 0.1) is 0 Å². The Morgan fingerprint density at radius 3 is 2.89 bits per heavy atom. The monoisotopic (exact) mass is 249 g/mol. The molecule has 6 nitrogen and oxygen atoms in total. The van der Waals surface area contributed by atoms with Crippen molar-refractivity contribution in [3.05, 3.63) is 18.2 Å². The maximum atomic E-state index is 11.8. The number of nitrogen functional groups attached to an aromatic ring is 1. The molecular formula is C12H15N3O3. The van der Waals surface area contributed by atoms with Gasteiger partial charge in [-0.3, -0.25) is 9.59 Å². The van der Waals surface area contributed by atoms with Crippen molar-refractivity contribution in [1.29, 1.82) is 0 Å². The number of benzene rings is 1. The van der Waals surface area contributed by atoms with Gasteiger partial charge in [0.05, 0.1) is 12.8 Å². The zero-order valence-electron chi connectivity index (χ0n) is 10.0. The summed E-state index contributed by atoms with van der Waals surface area (Å²) in [6, 6.07) is 4.54. The van der Waals surface area contributed by atoms with Crippen molar-refractivity contribution in [3.63, 3.8) is 0 Å². The van der Waals surface area contributed by atoms with Crippen molar-refractivity contribution in [1.82, 2.24) is 5.32 Å². The number of hydrogen-bond acceptors (Lipinski definition) is 4. The molecule has 1 heterocycles. The van der Waals surface area contributed by atoms with Crippen LogP contribution < -0.4 is 21.1 Å². The molecule has 0 saturated carbocycles. The van der Waals surface area contributed by atoms with E-state index in [0.29, 0.717) is 30.0 Å². The van der Waals surface area contributed by atoms with Crippen LogP contribution >= 0.6 is 0 Å². The Balaban J connectivity index is 2.03. The van der Waals surface area contributed by atoms with Crippen molar-refractivity contribution in [2.75, 3.05) is 18.2 Å². The summed E-state index contributed by atoms with van der Waals surface area (Å²) in [4.78, 5) is 22.8. The van der Waals surface area contributed by atoms with Crippen LogP contribution in [0.2, 0.25) is 0 Å². The largest absolute Gasteiger partial charge is 0.495 e. The Morgan fingerprint density at radius 2 is 2.33 bits per heavy atom. The Bertz CT molecular complexity index is 487. The van der Waals surface area contributed by atoms with Gasteiger partial charge in [0.15, 0.2) is 0 Å². The molecule has 1 saturated heterocycles. The van der Waals surface area contributed by atoms with Crippen molar-refractivity contribution >= 4 is 23.2 Å². The van der Waals surface area contributed by atoms with Gasteiger partial charge in [-0.05, 0) is 24.6 Å². The summed E-state index contributed by atoms with van der Waals surface area (Å²) in [7, 11) is 1.53. The van der Waals surface area contributed by atoms with Crippen molar-refractivity contribution < 1.29 is 14.3 Å². The molecule has 1 aromatic rings. The molecule has 1 aliphatic heterocycles. The number of ether oxygens (including phenoxy) is 1. The first-order chi connectivity index (χ1) is 8.60. The van der Waals surface area contributed by atoms with Gasteiger partial charge in [0, 0.05) is 12.1 Å². The van der Waals surface area contributed by atoms with E-state index in [1.165, 1.54) is 7.11 Å². The Kier molecular flexibility index (Phi) is 3.36. The van der Waals surface area contributed by atoms with Crippen molar-refractivity contribution in [2.45, 2.75) is 18.9 Å². The molecule has 6 heteroatoms. The zero-order valence-corrected chi connectivity index (χ0v) is 10.0. The van der Waals surface area contributed by atoms with Gasteiger partial charge >= 0.3 is 0 Å². The molecule has 0 aromatic heterocycles. The third-order valence-corrected chi connectivity index (χ3v) is 2.81. The normalized spacial score (nSPS) is 18.3. The Hall–Kier alpha value is -2.24. The van der Waals surface area contributed by atoms with Crippen LogP contribution in [-0.4, -0.2) is 25.0 Å². The van der Waals surface area contributed by atoms with Crippen LogP contribution in [0.25, 0.3) is 0 Å². The van der Waals surface area contributed by atoms with Crippen LogP contribution in [0.5, 0.6) is 5.75 Å². The number of carbonyl (C=O) groups is 2. The number of rotatable bonds is 3. The van der Waals surface area contributed by atoms with E-state index in [-0.39, 0.29) is 11.8 Å². The number of hydrogen-bond donors (Lipinski definition) is 3. The standard InChI is InChI=1S/C12H15N3O3/c1-18-10-4-2-7(6-8(10)13)14-12(17)9-3-5-11(16)15-9/h2,4,6,9H,3,5,13H2,1H3,(H,14,17)(H,15,16)/t9-/m1/s1. The summed E-state index contributed by atoms with van der Waals surface area (Å²) in [6.45, 7) is 0. The molecule has 4 N–H and O–H groups in total. The van der Waals surface area contributed by atoms with Gasteiger partial charge in [0.2, 0.25) is 11.8 Å². The molecule has 1 fully saturated rings. The second kappa shape index (κ2) is 4.95. The van der Waals surface area contributed by atoms with E-state index in [9.17, 15) is 9.59 Å². The summed E-state index contributed by atoms with van der Waals surface area (Å²) in [5, 5.41) is 5.31. The fourth-order valence-electron chi connectivity index (χ4n) is 1.85. The third kappa shape index (κ3) is 2.53. The molecule has 2 amide bonds.